The predicted octanol–water partition coefficient (Wildman–Crippen LogP) is 3.19. The second kappa shape index (κ2) is 7.40. The van der Waals surface area contributed by atoms with Crippen molar-refractivity contribution in [3.63, 3.8) is 0 Å². The van der Waals surface area contributed by atoms with E-state index in [0.717, 1.165) is 0 Å². The largest absolute Gasteiger partial charge is 0.478 e. The summed E-state index contributed by atoms with van der Waals surface area (Å²) in [6.07, 6.45) is -0.859. The lowest BCUT2D eigenvalue weighted by Crippen LogP contribution is -2.30. The molecule has 0 unspecified atom stereocenters. The molecule has 2 aromatic rings. The first-order valence-electron chi connectivity index (χ1n) is 7.05. The Bertz CT molecular complexity index is 701. The normalized spacial score (nSPS) is 11.4. The van der Waals surface area contributed by atoms with Crippen molar-refractivity contribution in [3.05, 3.63) is 54.3 Å². The molecule has 0 aliphatic carbocycles. The average molecular weight is 316 g/mol. The maximum atomic E-state index is 13.5. The van der Waals surface area contributed by atoms with Crippen LogP contribution in [0.25, 0.3) is 0 Å². The van der Waals surface area contributed by atoms with Gasteiger partial charge in [-0.15, -0.1) is 0 Å². The molecule has 2 N–H and O–H groups in total. The molecular formula is C17H17FN2O3. The zero-order chi connectivity index (χ0) is 16.8. The van der Waals surface area contributed by atoms with Gasteiger partial charge < -0.3 is 15.4 Å². The second-order valence-corrected chi connectivity index (χ2v) is 4.94. The van der Waals surface area contributed by atoms with Gasteiger partial charge in [-0.3, -0.25) is 9.59 Å². The van der Waals surface area contributed by atoms with E-state index in [4.69, 9.17) is 4.74 Å². The lowest BCUT2D eigenvalue weighted by molar-refractivity contribution is -0.122. The topological polar surface area (TPSA) is 67.4 Å². The van der Waals surface area contributed by atoms with Crippen LogP contribution in [0, 0.1) is 5.82 Å². The molecule has 0 radical (unpaired) electrons. The van der Waals surface area contributed by atoms with Crippen molar-refractivity contribution in [2.24, 2.45) is 0 Å². The van der Waals surface area contributed by atoms with E-state index in [9.17, 15) is 14.0 Å². The smallest absolute Gasteiger partial charge is 0.265 e. The van der Waals surface area contributed by atoms with Gasteiger partial charge in [0.2, 0.25) is 5.91 Å². The Kier molecular flexibility index (Phi) is 5.30. The number of rotatable bonds is 5. The first-order valence-corrected chi connectivity index (χ1v) is 7.05. The Balaban J connectivity index is 1.95. The fourth-order valence-electron chi connectivity index (χ4n) is 1.87. The fourth-order valence-corrected chi connectivity index (χ4v) is 1.87. The third kappa shape index (κ3) is 4.81. The minimum atomic E-state index is -0.859. The maximum absolute atomic E-state index is 13.5. The molecule has 2 aromatic carbocycles. The molecule has 120 valence electrons. The summed E-state index contributed by atoms with van der Waals surface area (Å²) < 4.78 is 18.8. The number of hydrogen-bond acceptors (Lipinski definition) is 3. The summed E-state index contributed by atoms with van der Waals surface area (Å²) in [6, 6.07) is 12.5. The van der Waals surface area contributed by atoms with Crippen molar-refractivity contribution in [2.45, 2.75) is 20.0 Å². The van der Waals surface area contributed by atoms with E-state index in [-0.39, 0.29) is 11.7 Å². The highest BCUT2D eigenvalue weighted by molar-refractivity contribution is 5.94. The van der Waals surface area contributed by atoms with Crippen LogP contribution in [0.4, 0.5) is 15.8 Å². The zero-order valence-electron chi connectivity index (χ0n) is 12.8. The van der Waals surface area contributed by atoms with Gasteiger partial charge in [0.25, 0.3) is 5.91 Å². The molecule has 1 atom stereocenters. The molecule has 0 heterocycles. The Morgan fingerprint density at radius 2 is 1.57 bits per heavy atom. The standard InChI is InChI=1S/C17H17FN2O3/c1-11(23-16-6-4-3-5-15(16)18)17(22)20-14-9-7-13(8-10-14)19-12(2)21/h3-11H,1-2H3,(H,19,21)(H,20,22)/t11-/m0/s1. The number of carbonyl (C=O) groups excluding carboxylic acids is 2. The molecule has 0 aliphatic heterocycles. The van der Waals surface area contributed by atoms with Crippen molar-refractivity contribution >= 4 is 23.2 Å². The Morgan fingerprint density at radius 1 is 1.00 bits per heavy atom. The first-order chi connectivity index (χ1) is 11.0. The molecule has 6 heteroatoms. The summed E-state index contributed by atoms with van der Waals surface area (Å²) in [4.78, 5) is 23.0. The number of hydrogen-bond donors (Lipinski definition) is 2. The van der Waals surface area contributed by atoms with Gasteiger partial charge in [-0.25, -0.2) is 4.39 Å². The number of anilines is 2. The van der Waals surface area contributed by atoms with E-state index in [1.54, 1.807) is 36.4 Å². The van der Waals surface area contributed by atoms with Crippen LogP contribution in [0.1, 0.15) is 13.8 Å². The van der Waals surface area contributed by atoms with E-state index in [2.05, 4.69) is 10.6 Å². The van der Waals surface area contributed by atoms with Crippen LogP contribution in [0.2, 0.25) is 0 Å². The molecule has 0 fully saturated rings. The number of halogens is 1. The molecule has 0 saturated heterocycles. The summed E-state index contributed by atoms with van der Waals surface area (Å²) >= 11 is 0. The van der Waals surface area contributed by atoms with Gasteiger partial charge in [-0.05, 0) is 43.3 Å². The van der Waals surface area contributed by atoms with Crippen LogP contribution in [0.5, 0.6) is 5.75 Å². The summed E-state index contributed by atoms with van der Waals surface area (Å²) in [6.45, 7) is 2.95. The molecule has 5 nitrogen and oxygen atoms in total. The van der Waals surface area contributed by atoms with Gasteiger partial charge >= 0.3 is 0 Å². The van der Waals surface area contributed by atoms with Crippen LogP contribution in [-0.2, 0) is 9.59 Å². The third-order valence-corrected chi connectivity index (χ3v) is 2.98. The van der Waals surface area contributed by atoms with E-state index in [0.29, 0.717) is 11.4 Å². The van der Waals surface area contributed by atoms with Crippen molar-refractivity contribution in [1.29, 1.82) is 0 Å². The number of ether oxygens (including phenoxy) is 1. The minimum absolute atomic E-state index is 0.0242. The van der Waals surface area contributed by atoms with Gasteiger partial charge in [0, 0.05) is 18.3 Å². The van der Waals surface area contributed by atoms with Crippen LogP contribution in [0.15, 0.2) is 48.5 Å². The third-order valence-electron chi connectivity index (χ3n) is 2.98. The van der Waals surface area contributed by atoms with Crippen molar-refractivity contribution < 1.29 is 18.7 Å². The lowest BCUT2D eigenvalue weighted by Gasteiger charge is -2.15. The van der Waals surface area contributed by atoms with E-state index >= 15 is 0 Å². The highest BCUT2D eigenvalue weighted by Gasteiger charge is 2.16. The Labute approximate surface area is 133 Å². The van der Waals surface area contributed by atoms with Gasteiger partial charge in [0.1, 0.15) is 0 Å². The maximum Gasteiger partial charge on any atom is 0.265 e. The monoisotopic (exact) mass is 316 g/mol. The van der Waals surface area contributed by atoms with Crippen molar-refractivity contribution in [2.75, 3.05) is 10.6 Å². The summed E-state index contributed by atoms with van der Waals surface area (Å²) in [5.74, 6) is -1.07. The zero-order valence-corrected chi connectivity index (χ0v) is 12.8. The number of carbonyl (C=O) groups is 2. The highest BCUT2D eigenvalue weighted by Crippen LogP contribution is 2.18. The molecule has 0 aromatic heterocycles. The summed E-state index contributed by atoms with van der Waals surface area (Å²) in [5.41, 5.74) is 1.18. The molecule has 23 heavy (non-hydrogen) atoms. The quantitative estimate of drug-likeness (QED) is 0.890. The van der Waals surface area contributed by atoms with Crippen molar-refractivity contribution in [3.8, 4) is 5.75 Å². The molecule has 0 spiro atoms. The summed E-state index contributed by atoms with van der Waals surface area (Å²) in [7, 11) is 0. The number of para-hydroxylation sites is 1. The minimum Gasteiger partial charge on any atom is -0.478 e. The van der Waals surface area contributed by atoms with Crippen LogP contribution in [-0.4, -0.2) is 17.9 Å². The van der Waals surface area contributed by atoms with E-state index in [1.165, 1.54) is 26.0 Å². The number of amides is 2. The second-order valence-electron chi connectivity index (χ2n) is 4.94. The van der Waals surface area contributed by atoms with Gasteiger partial charge in [-0.2, -0.15) is 0 Å². The molecule has 0 bridgehead atoms. The van der Waals surface area contributed by atoms with Gasteiger partial charge in [0.05, 0.1) is 0 Å². The van der Waals surface area contributed by atoms with Crippen LogP contribution in [0.3, 0.4) is 0 Å². The van der Waals surface area contributed by atoms with Crippen LogP contribution >= 0.6 is 0 Å². The molecule has 0 aliphatic rings. The molecule has 0 saturated carbocycles. The first kappa shape index (κ1) is 16.5. The SMILES string of the molecule is CC(=O)Nc1ccc(NC(=O)[C@H](C)Oc2ccccc2F)cc1. The van der Waals surface area contributed by atoms with E-state index < -0.39 is 17.8 Å². The highest BCUT2D eigenvalue weighted by atomic mass is 19.1. The fraction of sp³-hybridized carbons (Fsp3) is 0.176. The van der Waals surface area contributed by atoms with Gasteiger partial charge in [-0.1, -0.05) is 12.1 Å². The molecular weight excluding hydrogens is 299 g/mol. The Hall–Kier alpha value is -2.89. The molecule has 2 rings (SSSR count). The lowest BCUT2D eigenvalue weighted by atomic mass is 10.2. The molecule has 2 amide bonds. The van der Waals surface area contributed by atoms with Crippen molar-refractivity contribution in [1.82, 2.24) is 0 Å². The number of benzene rings is 2. The van der Waals surface area contributed by atoms with E-state index in [1.807, 2.05) is 0 Å². The number of nitrogens with one attached hydrogen (secondary N) is 2. The Morgan fingerprint density at radius 3 is 2.13 bits per heavy atom. The summed E-state index contributed by atoms with van der Waals surface area (Å²) in [5, 5.41) is 5.29. The average Bonchev–Trinajstić information content (AvgIpc) is 2.51. The van der Waals surface area contributed by atoms with Crippen LogP contribution < -0.4 is 15.4 Å². The van der Waals surface area contributed by atoms with Gasteiger partial charge in [0.15, 0.2) is 17.7 Å². The predicted molar refractivity (Wildman–Crippen MR) is 85.9 cm³/mol.